The summed E-state index contributed by atoms with van der Waals surface area (Å²) in [5.74, 6) is 0. The van der Waals surface area contributed by atoms with Crippen molar-refractivity contribution in [3.8, 4) is 0 Å². The molecule has 4 rings (SSSR count). The fourth-order valence-corrected chi connectivity index (χ4v) is 4.04. The lowest BCUT2D eigenvalue weighted by molar-refractivity contribution is -0.000869. The van der Waals surface area contributed by atoms with Crippen LogP contribution in [0.2, 0.25) is 0 Å². The number of aliphatic hydroxyl groups is 1. The van der Waals surface area contributed by atoms with Crippen molar-refractivity contribution in [2.24, 2.45) is 0 Å². The van der Waals surface area contributed by atoms with E-state index in [-0.39, 0.29) is 24.3 Å². The highest BCUT2D eigenvalue weighted by Gasteiger charge is 2.53. The predicted molar refractivity (Wildman–Crippen MR) is 94.5 cm³/mol. The molecule has 0 amide bonds. The zero-order valence-electron chi connectivity index (χ0n) is 14.1. The summed E-state index contributed by atoms with van der Waals surface area (Å²) in [6.07, 6.45) is 2.03. The zero-order valence-corrected chi connectivity index (χ0v) is 14.1. The average Bonchev–Trinajstić information content (AvgIpc) is 3.41. The van der Waals surface area contributed by atoms with Gasteiger partial charge in [0.15, 0.2) is 0 Å². The lowest BCUT2D eigenvalue weighted by Crippen LogP contribution is -2.50. The molecule has 0 radical (unpaired) electrons. The fraction of sp³-hybridized carbons (Fsp3) is 0.429. The maximum absolute atomic E-state index is 10.7. The maximum Gasteiger partial charge on any atom is 0.102 e. The molecule has 5 atom stereocenters. The van der Waals surface area contributed by atoms with Gasteiger partial charge in [-0.05, 0) is 30.9 Å². The Kier molecular flexibility index (Phi) is 4.40. The Labute approximate surface area is 143 Å². The summed E-state index contributed by atoms with van der Waals surface area (Å²) < 4.78 is 5.86. The minimum absolute atomic E-state index is 0.0687. The summed E-state index contributed by atoms with van der Waals surface area (Å²) in [6.45, 7) is 3.06. The van der Waals surface area contributed by atoms with Crippen LogP contribution >= 0.6 is 0 Å². The van der Waals surface area contributed by atoms with E-state index in [1.54, 1.807) is 0 Å². The lowest BCUT2D eigenvalue weighted by Gasteiger charge is -2.40. The molecular weight excluding hydrogens is 298 g/mol. The van der Waals surface area contributed by atoms with Crippen LogP contribution in [0.4, 0.5) is 0 Å². The minimum atomic E-state index is -0.316. The molecular formula is C21H25NO2. The standard InChI is InChI=1S/C21H25NO2/c1-15(17-10-6-3-7-11-17)22(14-16-8-4-2-5-9-16)20-18(23)12-13-19-21(20)24-19/h2-11,15,18-21,23H,12-14H2,1H3/t15-,18+,19+,20+,21+/m1/s1. The van der Waals surface area contributed by atoms with Gasteiger partial charge >= 0.3 is 0 Å². The van der Waals surface area contributed by atoms with Crippen molar-refractivity contribution in [3.05, 3.63) is 71.8 Å². The third-order valence-corrected chi connectivity index (χ3v) is 5.47. The molecule has 2 aromatic rings. The number of hydrogen-bond donors (Lipinski definition) is 1. The van der Waals surface area contributed by atoms with E-state index in [0.717, 1.165) is 19.4 Å². The second-order valence-electron chi connectivity index (χ2n) is 7.02. The molecule has 0 unspecified atom stereocenters. The van der Waals surface area contributed by atoms with Gasteiger partial charge in [0.1, 0.15) is 6.10 Å². The second-order valence-corrected chi connectivity index (χ2v) is 7.02. The number of aliphatic hydroxyl groups excluding tert-OH is 1. The van der Waals surface area contributed by atoms with Gasteiger partial charge in [-0.2, -0.15) is 0 Å². The number of hydrogen-bond acceptors (Lipinski definition) is 3. The number of rotatable bonds is 5. The van der Waals surface area contributed by atoms with E-state index in [2.05, 4.69) is 60.4 Å². The van der Waals surface area contributed by atoms with Gasteiger partial charge in [0.05, 0.1) is 18.2 Å². The molecule has 0 spiro atoms. The summed E-state index contributed by atoms with van der Waals surface area (Å²) in [4.78, 5) is 2.43. The van der Waals surface area contributed by atoms with Gasteiger partial charge in [0.25, 0.3) is 0 Å². The third kappa shape index (κ3) is 3.12. The van der Waals surface area contributed by atoms with Gasteiger partial charge in [-0.3, -0.25) is 4.90 Å². The topological polar surface area (TPSA) is 36.0 Å². The SMILES string of the molecule is C[C@H](c1ccccc1)N(Cc1ccccc1)[C@@H]1[C@H]2O[C@H]2CC[C@@H]1O. The third-order valence-electron chi connectivity index (χ3n) is 5.47. The van der Waals surface area contributed by atoms with E-state index in [9.17, 15) is 5.11 Å². The Hall–Kier alpha value is -1.68. The van der Waals surface area contributed by atoms with Gasteiger partial charge in [-0.1, -0.05) is 60.7 Å². The van der Waals surface area contributed by atoms with Crippen molar-refractivity contribution >= 4 is 0 Å². The summed E-state index contributed by atoms with van der Waals surface area (Å²) >= 11 is 0. The van der Waals surface area contributed by atoms with Crippen LogP contribution in [0, 0.1) is 0 Å². The molecule has 1 aliphatic carbocycles. The van der Waals surface area contributed by atoms with Crippen LogP contribution < -0.4 is 0 Å². The summed E-state index contributed by atoms with van der Waals surface area (Å²) in [5.41, 5.74) is 2.55. The molecule has 1 aliphatic heterocycles. The van der Waals surface area contributed by atoms with Crippen molar-refractivity contribution in [2.75, 3.05) is 0 Å². The van der Waals surface area contributed by atoms with E-state index in [0.29, 0.717) is 6.10 Å². The molecule has 1 saturated heterocycles. The molecule has 1 saturated carbocycles. The second kappa shape index (κ2) is 6.67. The predicted octanol–water partition coefficient (Wildman–Crippen LogP) is 3.54. The van der Waals surface area contributed by atoms with Crippen LogP contribution in [-0.2, 0) is 11.3 Å². The van der Waals surface area contributed by atoms with Crippen LogP contribution in [0.5, 0.6) is 0 Å². The van der Waals surface area contributed by atoms with Crippen molar-refractivity contribution in [2.45, 2.75) is 56.7 Å². The monoisotopic (exact) mass is 323 g/mol. The molecule has 0 aromatic heterocycles. The van der Waals surface area contributed by atoms with Crippen molar-refractivity contribution in [3.63, 3.8) is 0 Å². The largest absolute Gasteiger partial charge is 0.391 e. The van der Waals surface area contributed by atoms with Crippen LogP contribution in [-0.4, -0.2) is 34.4 Å². The Balaban J connectivity index is 1.64. The lowest BCUT2D eigenvalue weighted by atomic mass is 9.89. The number of epoxide rings is 1. The minimum Gasteiger partial charge on any atom is -0.391 e. The first-order chi connectivity index (χ1) is 11.7. The number of nitrogens with zero attached hydrogens (tertiary/aromatic N) is 1. The molecule has 126 valence electrons. The molecule has 2 aliphatic rings. The molecule has 2 fully saturated rings. The molecule has 2 aromatic carbocycles. The van der Waals surface area contributed by atoms with Crippen LogP contribution in [0.15, 0.2) is 60.7 Å². The first-order valence-corrected chi connectivity index (χ1v) is 8.92. The maximum atomic E-state index is 10.7. The van der Waals surface area contributed by atoms with Crippen molar-refractivity contribution in [1.82, 2.24) is 4.90 Å². The van der Waals surface area contributed by atoms with Gasteiger partial charge in [-0.25, -0.2) is 0 Å². The van der Waals surface area contributed by atoms with Gasteiger partial charge in [0, 0.05) is 12.6 Å². The Morgan fingerprint density at radius 2 is 1.71 bits per heavy atom. The highest BCUT2D eigenvalue weighted by molar-refractivity contribution is 5.21. The van der Waals surface area contributed by atoms with Gasteiger partial charge in [0.2, 0.25) is 0 Å². The van der Waals surface area contributed by atoms with E-state index >= 15 is 0 Å². The Morgan fingerprint density at radius 1 is 1.04 bits per heavy atom. The highest BCUT2D eigenvalue weighted by atomic mass is 16.6. The number of fused-ring (bicyclic) bond motifs is 1. The van der Waals surface area contributed by atoms with E-state index < -0.39 is 0 Å². The quantitative estimate of drug-likeness (QED) is 0.855. The smallest absolute Gasteiger partial charge is 0.102 e. The summed E-state index contributed by atoms with van der Waals surface area (Å²) in [6, 6.07) is 21.4. The molecule has 24 heavy (non-hydrogen) atoms. The first-order valence-electron chi connectivity index (χ1n) is 8.92. The number of benzene rings is 2. The van der Waals surface area contributed by atoms with Crippen LogP contribution in [0.3, 0.4) is 0 Å². The van der Waals surface area contributed by atoms with E-state index in [1.165, 1.54) is 11.1 Å². The van der Waals surface area contributed by atoms with Crippen LogP contribution in [0.25, 0.3) is 0 Å². The Morgan fingerprint density at radius 3 is 2.42 bits per heavy atom. The normalized spacial score (nSPS) is 30.0. The zero-order chi connectivity index (χ0) is 16.5. The average molecular weight is 323 g/mol. The summed E-state index contributed by atoms with van der Waals surface area (Å²) in [7, 11) is 0. The highest BCUT2D eigenvalue weighted by Crippen LogP contribution is 2.42. The van der Waals surface area contributed by atoms with Crippen LogP contribution in [0.1, 0.15) is 36.9 Å². The first kappa shape index (κ1) is 15.8. The molecule has 3 heteroatoms. The molecule has 1 N–H and O–H groups in total. The molecule has 1 heterocycles. The molecule has 0 bridgehead atoms. The number of ether oxygens (including phenoxy) is 1. The van der Waals surface area contributed by atoms with E-state index in [1.807, 2.05) is 12.1 Å². The van der Waals surface area contributed by atoms with Crippen molar-refractivity contribution in [1.29, 1.82) is 0 Å². The van der Waals surface area contributed by atoms with Crippen molar-refractivity contribution < 1.29 is 9.84 Å². The summed E-state index contributed by atoms with van der Waals surface area (Å²) in [5, 5.41) is 10.7. The Bertz CT molecular complexity index is 658. The molecule has 3 nitrogen and oxygen atoms in total. The van der Waals surface area contributed by atoms with E-state index in [4.69, 9.17) is 4.74 Å². The van der Waals surface area contributed by atoms with Gasteiger partial charge < -0.3 is 9.84 Å². The fourth-order valence-electron chi connectivity index (χ4n) is 4.04. The van der Waals surface area contributed by atoms with Gasteiger partial charge in [-0.15, -0.1) is 0 Å².